The average Bonchev–Trinajstić information content (AvgIpc) is 2.81. The third kappa shape index (κ3) is 2.87. The minimum absolute atomic E-state index is 1.09. The first-order valence-corrected chi connectivity index (χ1v) is 5.93. The molecule has 0 N–H and O–H groups in total. The summed E-state index contributed by atoms with van der Waals surface area (Å²) in [5.74, 6) is 2.61. The van der Waals surface area contributed by atoms with E-state index in [9.17, 15) is 0 Å². The van der Waals surface area contributed by atoms with Gasteiger partial charge in [-0.05, 0) is 0 Å². The van der Waals surface area contributed by atoms with Crippen molar-refractivity contribution in [1.29, 1.82) is 0 Å². The summed E-state index contributed by atoms with van der Waals surface area (Å²) in [6.45, 7) is 0. The Morgan fingerprint density at radius 3 is 1.00 bits per heavy atom. The molecule has 17 heavy (non-hydrogen) atoms. The van der Waals surface area contributed by atoms with Crippen LogP contribution in [0.15, 0.2) is 22.8 Å². The van der Waals surface area contributed by atoms with E-state index in [2.05, 4.69) is 76.0 Å². The topological polar surface area (TPSA) is 13.0 Å². The SMILES string of the molecule is CN(C)C(=C1CC1=C(N(C)C)N(C)C)N(C)C. The van der Waals surface area contributed by atoms with Gasteiger partial charge in [-0.1, -0.05) is 0 Å². The first-order valence-electron chi connectivity index (χ1n) is 5.93. The lowest BCUT2D eigenvalue weighted by molar-refractivity contribution is 0.335. The molecular weight excluding hydrogens is 212 g/mol. The Balaban J connectivity index is 3.15. The summed E-state index contributed by atoms with van der Waals surface area (Å²) in [6.07, 6.45) is 1.09. The average molecular weight is 238 g/mol. The van der Waals surface area contributed by atoms with E-state index in [1.807, 2.05) is 0 Å². The highest BCUT2D eigenvalue weighted by Crippen LogP contribution is 2.43. The molecular formula is C13H26N4. The van der Waals surface area contributed by atoms with Crippen LogP contribution in [0.1, 0.15) is 6.42 Å². The first kappa shape index (κ1) is 13.7. The molecule has 1 saturated carbocycles. The Morgan fingerprint density at radius 2 is 0.824 bits per heavy atom. The summed E-state index contributed by atoms with van der Waals surface area (Å²) in [7, 11) is 16.8. The van der Waals surface area contributed by atoms with Gasteiger partial charge in [-0.3, -0.25) is 0 Å². The summed E-state index contributed by atoms with van der Waals surface area (Å²) in [5, 5.41) is 0. The van der Waals surface area contributed by atoms with Crippen LogP contribution < -0.4 is 0 Å². The van der Waals surface area contributed by atoms with Crippen molar-refractivity contribution in [3.05, 3.63) is 22.8 Å². The van der Waals surface area contributed by atoms with Crippen LogP contribution in [0.3, 0.4) is 0 Å². The van der Waals surface area contributed by atoms with Gasteiger partial charge in [0.25, 0.3) is 0 Å². The summed E-state index contributed by atoms with van der Waals surface area (Å²) in [4.78, 5) is 8.74. The minimum Gasteiger partial charge on any atom is -0.364 e. The largest absolute Gasteiger partial charge is 0.364 e. The van der Waals surface area contributed by atoms with Gasteiger partial charge in [0, 0.05) is 73.9 Å². The smallest absolute Gasteiger partial charge is 0.107 e. The van der Waals surface area contributed by atoms with E-state index in [1.165, 1.54) is 22.8 Å². The van der Waals surface area contributed by atoms with Gasteiger partial charge in [0.2, 0.25) is 0 Å². The lowest BCUT2D eigenvalue weighted by Gasteiger charge is -2.26. The molecule has 0 saturated heterocycles. The lowest BCUT2D eigenvalue weighted by Crippen LogP contribution is -2.26. The van der Waals surface area contributed by atoms with E-state index in [1.54, 1.807) is 0 Å². The quantitative estimate of drug-likeness (QED) is 0.726. The lowest BCUT2D eigenvalue weighted by atomic mass is 10.4. The molecule has 0 amide bonds. The fourth-order valence-electron chi connectivity index (χ4n) is 2.44. The first-order chi connectivity index (χ1) is 7.77. The maximum atomic E-state index is 2.19. The zero-order valence-corrected chi connectivity index (χ0v) is 12.5. The fourth-order valence-corrected chi connectivity index (χ4v) is 2.44. The molecule has 4 nitrogen and oxygen atoms in total. The zero-order valence-electron chi connectivity index (χ0n) is 12.5. The molecule has 1 rings (SSSR count). The van der Waals surface area contributed by atoms with Crippen LogP contribution in [0.4, 0.5) is 0 Å². The monoisotopic (exact) mass is 238 g/mol. The van der Waals surface area contributed by atoms with Crippen LogP contribution in [0.25, 0.3) is 0 Å². The summed E-state index contributed by atoms with van der Waals surface area (Å²) in [6, 6.07) is 0. The summed E-state index contributed by atoms with van der Waals surface area (Å²) in [5.41, 5.74) is 2.91. The highest BCUT2D eigenvalue weighted by atomic mass is 15.3. The van der Waals surface area contributed by atoms with E-state index in [4.69, 9.17) is 0 Å². The molecule has 1 aliphatic rings. The molecule has 1 aliphatic carbocycles. The molecule has 0 heterocycles. The number of allylic oxidation sites excluding steroid dienone is 2. The molecule has 0 unspecified atom stereocenters. The fraction of sp³-hybridized carbons (Fsp3) is 0.692. The van der Waals surface area contributed by atoms with E-state index in [0.717, 1.165) is 6.42 Å². The predicted octanol–water partition coefficient (Wildman–Crippen LogP) is 1.06. The number of hydrogen-bond donors (Lipinski definition) is 0. The van der Waals surface area contributed by atoms with Crippen LogP contribution in [0.2, 0.25) is 0 Å². The molecule has 0 atom stereocenters. The molecule has 4 heteroatoms. The molecule has 0 aromatic carbocycles. The van der Waals surface area contributed by atoms with E-state index < -0.39 is 0 Å². The van der Waals surface area contributed by atoms with Crippen molar-refractivity contribution >= 4 is 0 Å². The van der Waals surface area contributed by atoms with Gasteiger partial charge in [-0.25, -0.2) is 0 Å². The van der Waals surface area contributed by atoms with Crippen LogP contribution in [0, 0.1) is 0 Å². The second-order valence-electron chi connectivity index (χ2n) is 5.36. The van der Waals surface area contributed by atoms with Gasteiger partial charge in [0.15, 0.2) is 0 Å². The van der Waals surface area contributed by atoms with Gasteiger partial charge in [-0.2, -0.15) is 0 Å². The Morgan fingerprint density at radius 1 is 0.588 bits per heavy atom. The van der Waals surface area contributed by atoms with Crippen molar-refractivity contribution in [3.8, 4) is 0 Å². The van der Waals surface area contributed by atoms with Gasteiger partial charge in [-0.15, -0.1) is 0 Å². The minimum atomic E-state index is 1.09. The third-order valence-electron chi connectivity index (χ3n) is 2.83. The van der Waals surface area contributed by atoms with E-state index in [-0.39, 0.29) is 0 Å². The summed E-state index contributed by atoms with van der Waals surface area (Å²) < 4.78 is 0. The standard InChI is InChI=1S/C13H26N4/c1-14(2)12(15(3)4)10-9-11(10)13(16(5)6)17(7)8/h9H2,1-8H3. The Hall–Kier alpha value is -1.32. The van der Waals surface area contributed by atoms with Crippen LogP contribution in [0.5, 0.6) is 0 Å². The maximum absolute atomic E-state index is 2.19. The third-order valence-corrected chi connectivity index (χ3v) is 2.83. The zero-order chi connectivity index (χ0) is 13.3. The van der Waals surface area contributed by atoms with Crippen molar-refractivity contribution in [3.63, 3.8) is 0 Å². The molecule has 0 radical (unpaired) electrons. The highest BCUT2D eigenvalue weighted by Gasteiger charge is 2.33. The Bertz CT molecular complexity index is 294. The molecule has 0 aromatic rings. The van der Waals surface area contributed by atoms with Gasteiger partial charge in [0.1, 0.15) is 11.6 Å². The molecule has 98 valence electrons. The van der Waals surface area contributed by atoms with Crippen molar-refractivity contribution in [2.45, 2.75) is 6.42 Å². The Labute approximate surface area is 106 Å². The second kappa shape index (κ2) is 4.90. The van der Waals surface area contributed by atoms with Gasteiger partial charge >= 0.3 is 0 Å². The molecule has 0 spiro atoms. The van der Waals surface area contributed by atoms with Crippen LogP contribution >= 0.6 is 0 Å². The van der Waals surface area contributed by atoms with Gasteiger partial charge in [0.05, 0.1) is 0 Å². The molecule has 1 fully saturated rings. The molecule has 0 aromatic heterocycles. The van der Waals surface area contributed by atoms with Crippen molar-refractivity contribution < 1.29 is 0 Å². The predicted molar refractivity (Wildman–Crippen MR) is 73.4 cm³/mol. The number of nitrogens with zero attached hydrogens (tertiary/aromatic N) is 4. The number of hydrogen-bond acceptors (Lipinski definition) is 4. The second-order valence-corrected chi connectivity index (χ2v) is 5.36. The van der Waals surface area contributed by atoms with Crippen molar-refractivity contribution in [2.75, 3.05) is 56.4 Å². The highest BCUT2D eigenvalue weighted by molar-refractivity contribution is 5.54. The summed E-state index contributed by atoms with van der Waals surface area (Å²) >= 11 is 0. The number of rotatable bonds is 4. The normalized spacial score (nSPS) is 13.4. The van der Waals surface area contributed by atoms with Crippen LogP contribution in [-0.2, 0) is 0 Å². The van der Waals surface area contributed by atoms with E-state index in [0.29, 0.717) is 0 Å². The maximum Gasteiger partial charge on any atom is 0.107 e. The Kier molecular flexibility index (Phi) is 3.96. The molecule has 0 bridgehead atoms. The van der Waals surface area contributed by atoms with E-state index >= 15 is 0 Å². The van der Waals surface area contributed by atoms with Gasteiger partial charge < -0.3 is 19.6 Å². The van der Waals surface area contributed by atoms with Crippen molar-refractivity contribution in [1.82, 2.24) is 19.6 Å². The van der Waals surface area contributed by atoms with Crippen LogP contribution in [-0.4, -0.2) is 76.0 Å². The molecule has 0 aliphatic heterocycles. The van der Waals surface area contributed by atoms with Crippen molar-refractivity contribution in [2.24, 2.45) is 0 Å².